The Hall–Kier alpha value is -3.03. The number of aryl methyl sites for hydroxylation is 1. The molecule has 2 aliphatic heterocycles. The average molecular weight is 338 g/mol. The molecule has 0 radical (unpaired) electrons. The summed E-state index contributed by atoms with van der Waals surface area (Å²) in [6.07, 6.45) is 6.35. The van der Waals surface area contributed by atoms with Gasteiger partial charge in [0.25, 0.3) is 0 Å². The second-order valence-corrected chi connectivity index (χ2v) is 6.33. The Kier molecular flexibility index (Phi) is 3.16. The van der Waals surface area contributed by atoms with Gasteiger partial charge in [-0.15, -0.1) is 0 Å². The molecule has 0 aliphatic carbocycles. The number of aromatic nitrogens is 5. The van der Waals surface area contributed by atoms with E-state index in [0.717, 1.165) is 35.0 Å². The van der Waals surface area contributed by atoms with Crippen LogP contribution >= 0.6 is 0 Å². The third-order valence-corrected chi connectivity index (χ3v) is 4.71. The zero-order chi connectivity index (χ0) is 16.8. The summed E-state index contributed by atoms with van der Waals surface area (Å²) in [4.78, 5) is 4.36. The third-order valence-electron chi connectivity index (χ3n) is 4.71. The summed E-state index contributed by atoms with van der Waals surface area (Å²) in [5, 5.41) is 12.2. The predicted molar refractivity (Wildman–Crippen MR) is 89.8 cm³/mol. The van der Waals surface area contributed by atoms with Gasteiger partial charge in [0.2, 0.25) is 5.95 Å². The first-order valence-corrected chi connectivity index (χ1v) is 8.32. The van der Waals surface area contributed by atoms with Crippen molar-refractivity contribution in [1.82, 2.24) is 24.5 Å². The number of fused-ring (bicyclic) bond motifs is 2. The molecule has 0 bridgehead atoms. The number of ether oxygens (including phenoxy) is 2. The molecule has 128 valence electrons. The van der Waals surface area contributed by atoms with Gasteiger partial charge in [-0.2, -0.15) is 15.2 Å². The highest BCUT2D eigenvalue weighted by molar-refractivity contribution is 5.47. The molecular weight excluding hydrogens is 320 g/mol. The van der Waals surface area contributed by atoms with Gasteiger partial charge in [-0.25, -0.2) is 4.68 Å². The van der Waals surface area contributed by atoms with E-state index in [4.69, 9.17) is 9.47 Å². The summed E-state index contributed by atoms with van der Waals surface area (Å²) >= 11 is 0. The lowest BCUT2D eigenvalue weighted by atomic mass is 9.94. The molecule has 8 nitrogen and oxygen atoms in total. The van der Waals surface area contributed by atoms with E-state index in [-0.39, 0.29) is 12.1 Å². The van der Waals surface area contributed by atoms with Crippen LogP contribution in [0, 0.1) is 0 Å². The van der Waals surface area contributed by atoms with Crippen LogP contribution in [-0.2, 0) is 7.05 Å². The first kappa shape index (κ1) is 14.3. The van der Waals surface area contributed by atoms with Crippen LogP contribution < -0.4 is 14.8 Å². The first-order valence-electron chi connectivity index (χ1n) is 8.32. The molecule has 2 aromatic heterocycles. The maximum atomic E-state index is 5.72. The van der Waals surface area contributed by atoms with Gasteiger partial charge in [-0.3, -0.25) is 4.68 Å². The average Bonchev–Trinajstić information content (AvgIpc) is 3.29. The molecule has 2 atom stereocenters. The van der Waals surface area contributed by atoms with Crippen molar-refractivity contribution >= 4 is 5.95 Å². The van der Waals surface area contributed by atoms with E-state index in [1.54, 1.807) is 6.33 Å². The van der Waals surface area contributed by atoms with Crippen LogP contribution in [0.25, 0.3) is 0 Å². The van der Waals surface area contributed by atoms with Crippen molar-refractivity contribution in [2.45, 2.75) is 18.5 Å². The topological polar surface area (TPSA) is 79.0 Å². The molecule has 2 aliphatic rings. The number of hydrogen-bond donors (Lipinski definition) is 1. The van der Waals surface area contributed by atoms with Gasteiger partial charge < -0.3 is 14.8 Å². The number of anilines is 1. The van der Waals surface area contributed by atoms with E-state index < -0.39 is 0 Å². The van der Waals surface area contributed by atoms with E-state index in [2.05, 4.69) is 32.6 Å². The standard InChI is InChI=1S/C17H18N6O2/c1-22-9-12(8-19-22)14-7-13(21-17-18-10-20-23(14)17)11-2-3-15-16(6-11)25-5-4-24-15/h2-3,6,8-10,13-14H,4-5,7H2,1H3,(H,18,20,21)/t13-,14+/m0/s1. The van der Waals surface area contributed by atoms with Crippen molar-refractivity contribution < 1.29 is 9.47 Å². The van der Waals surface area contributed by atoms with Gasteiger partial charge in [0.05, 0.1) is 18.3 Å². The smallest absolute Gasteiger partial charge is 0.222 e. The molecule has 0 saturated heterocycles. The van der Waals surface area contributed by atoms with Gasteiger partial charge in [0.15, 0.2) is 11.5 Å². The predicted octanol–water partition coefficient (Wildman–Crippen LogP) is 1.93. The van der Waals surface area contributed by atoms with Gasteiger partial charge in [0.1, 0.15) is 19.5 Å². The first-order chi connectivity index (χ1) is 12.3. The van der Waals surface area contributed by atoms with Crippen LogP contribution in [0.15, 0.2) is 36.9 Å². The van der Waals surface area contributed by atoms with E-state index in [9.17, 15) is 0 Å². The fourth-order valence-corrected chi connectivity index (χ4v) is 3.50. The largest absolute Gasteiger partial charge is 0.486 e. The minimum absolute atomic E-state index is 0.0886. The normalized spacial score (nSPS) is 21.5. The highest BCUT2D eigenvalue weighted by atomic mass is 16.6. The molecule has 1 N–H and O–H groups in total. The van der Waals surface area contributed by atoms with Crippen LogP contribution in [0.5, 0.6) is 11.5 Å². The summed E-state index contributed by atoms with van der Waals surface area (Å²) in [7, 11) is 1.92. The maximum Gasteiger partial charge on any atom is 0.222 e. The van der Waals surface area contributed by atoms with Gasteiger partial charge in [-0.1, -0.05) is 6.07 Å². The zero-order valence-electron chi connectivity index (χ0n) is 13.8. The Morgan fingerprint density at radius 2 is 2.00 bits per heavy atom. The summed E-state index contributed by atoms with van der Waals surface area (Å²) in [6.45, 7) is 1.18. The SMILES string of the molecule is Cn1cc([C@H]2C[C@@H](c3ccc4c(c3)OCCO4)Nc3ncnn32)cn1. The van der Waals surface area contributed by atoms with Crippen molar-refractivity contribution in [3.63, 3.8) is 0 Å². The van der Waals surface area contributed by atoms with E-state index in [0.29, 0.717) is 13.2 Å². The fraction of sp³-hybridized carbons (Fsp3) is 0.353. The van der Waals surface area contributed by atoms with E-state index in [1.165, 1.54) is 0 Å². The third kappa shape index (κ3) is 2.41. The number of benzene rings is 1. The molecular formula is C17H18N6O2. The Morgan fingerprint density at radius 1 is 1.12 bits per heavy atom. The van der Waals surface area contributed by atoms with Crippen LogP contribution in [0.4, 0.5) is 5.95 Å². The van der Waals surface area contributed by atoms with Crippen LogP contribution in [-0.4, -0.2) is 37.8 Å². The lowest BCUT2D eigenvalue weighted by molar-refractivity contribution is 0.171. The highest BCUT2D eigenvalue weighted by Gasteiger charge is 2.31. The highest BCUT2D eigenvalue weighted by Crippen LogP contribution is 2.40. The van der Waals surface area contributed by atoms with Crippen molar-refractivity contribution in [2.24, 2.45) is 7.05 Å². The summed E-state index contributed by atoms with van der Waals surface area (Å²) < 4.78 is 15.1. The van der Waals surface area contributed by atoms with Crippen molar-refractivity contribution in [3.05, 3.63) is 48.0 Å². The number of rotatable bonds is 2. The van der Waals surface area contributed by atoms with Crippen LogP contribution in [0.1, 0.15) is 29.6 Å². The lowest BCUT2D eigenvalue weighted by Crippen LogP contribution is -2.28. The molecule has 25 heavy (non-hydrogen) atoms. The quantitative estimate of drug-likeness (QED) is 0.769. The molecule has 1 aromatic carbocycles. The van der Waals surface area contributed by atoms with Gasteiger partial charge in [0, 0.05) is 18.8 Å². The van der Waals surface area contributed by atoms with Crippen LogP contribution in [0.3, 0.4) is 0 Å². The summed E-state index contributed by atoms with van der Waals surface area (Å²) in [5.74, 6) is 2.37. The summed E-state index contributed by atoms with van der Waals surface area (Å²) in [5.41, 5.74) is 2.27. The molecule has 0 spiro atoms. The number of nitrogens with one attached hydrogen (secondary N) is 1. The maximum absolute atomic E-state index is 5.72. The zero-order valence-corrected chi connectivity index (χ0v) is 13.8. The Balaban J connectivity index is 1.51. The lowest BCUT2D eigenvalue weighted by Gasteiger charge is -2.31. The molecule has 5 rings (SSSR count). The Morgan fingerprint density at radius 3 is 2.84 bits per heavy atom. The van der Waals surface area contributed by atoms with Crippen molar-refractivity contribution in [3.8, 4) is 11.5 Å². The molecule has 0 saturated carbocycles. The summed E-state index contributed by atoms with van der Waals surface area (Å²) in [6, 6.07) is 6.31. The van der Waals surface area contributed by atoms with Crippen molar-refractivity contribution in [2.75, 3.05) is 18.5 Å². The molecule has 0 fully saturated rings. The minimum Gasteiger partial charge on any atom is -0.486 e. The van der Waals surface area contributed by atoms with Crippen LogP contribution in [0.2, 0.25) is 0 Å². The Labute approximate surface area is 144 Å². The second kappa shape index (κ2) is 5.51. The van der Waals surface area contributed by atoms with Crippen molar-refractivity contribution in [1.29, 1.82) is 0 Å². The van der Waals surface area contributed by atoms with E-state index in [1.807, 2.05) is 34.9 Å². The molecule has 8 heteroatoms. The fourth-order valence-electron chi connectivity index (χ4n) is 3.50. The number of hydrogen-bond acceptors (Lipinski definition) is 6. The minimum atomic E-state index is 0.0886. The monoisotopic (exact) mass is 338 g/mol. The Bertz CT molecular complexity index is 918. The number of nitrogens with zero attached hydrogens (tertiary/aromatic N) is 5. The van der Waals surface area contributed by atoms with E-state index >= 15 is 0 Å². The van der Waals surface area contributed by atoms with Gasteiger partial charge in [-0.05, 0) is 24.1 Å². The molecule has 4 heterocycles. The molecule has 0 amide bonds. The molecule has 0 unspecified atom stereocenters. The second-order valence-electron chi connectivity index (χ2n) is 6.33. The van der Waals surface area contributed by atoms with Gasteiger partial charge >= 0.3 is 0 Å². The molecule has 3 aromatic rings.